The second kappa shape index (κ2) is 5.29. The van der Waals surface area contributed by atoms with Gasteiger partial charge >= 0.3 is 0 Å². The third-order valence-electron chi connectivity index (χ3n) is 1.80. The quantitative estimate of drug-likeness (QED) is 0.622. The molecule has 84 valence electrons. The Labute approximate surface area is 94.5 Å². The Kier molecular flexibility index (Phi) is 4.31. The van der Waals surface area contributed by atoms with E-state index in [2.05, 4.69) is 21.2 Å². The average molecular weight is 280 g/mol. The zero-order valence-electron chi connectivity index (χ0n) is 7.74. The van der Waals surface area contributed by atoms with Crippen LogP contribution in [0.15, 0.2) is 16.6 Å². The van der Waals surface area contributed by atoms with Gasteiger partial charge in [0, 0.05) is 6.54 Å². The second-order valence-electron chi connectivity index (χ2n) is 2.97. The predicted molar refractivity (Wildman–Crippen MR) is 57.3 cm³/mol. The highest BCUT2D eigenvalue weighted by Crippen LogP contribution is 2.31. The summed E-state index contributed by atoms with van der Waals surface area (Å²) in [7, 11) is 0. The Hall–Kier alpha value is -0.850. The highest BCUT2D eigenvalue weighted by Gasteiger charge is 2.12. The summed E-state index contributed by atoms with van der Waals surface area (Å²) in [6, 6.07) is 2.69. The van der Waals surface area contributed by atoms with Crippen molar-refractivity contribution in [3.8, 4) is 5.75 Å². The van der Waals surface area contributed by atoms with Crippen LogP contribution in [0.5, 0.6) is 5.75 Å². The summed E-state index contributed by atoms with van der Waals surface area (Å²) >= 11 is 2.97. The van der Waals surface area contributed by atoms with Gasteiger partial charge in [-0.1, -0.05) is 0 Å². The minimum absolute atomic E-state index is 0.0442. The number of anilines is 1. The van der Waals surface area contributed by atoms with E-state index < -0.39 is 18.5 Å². The van der Waals surface area contributed by atoms with Crippen LogP contribution in [0.2, 0.25) is 0 Å². The first kappa shape index (κ1) is 12.2. The minimum Gasteiger partial charge on any atom is -0.506 e. The molecule has 4 nitrogen and oxygen atoms in total. The summed E-state index contributed by atoms with van der Waals surface area (Å²) in [5.41, 5.74) is -0.100. The number of aromatic hydroxyl groups is 1. The van der Waals surface area contributed by atoms with Crippen LogP contribution in [0.4, 0.5) is 10.1 Å². The fraction of sp³-hybridized carbons (Fsp3) is 0.333. The van der Waals surface area contributed by atoms with Crippen molar-refractivity contribution in [2.75, 3.05) is 18.5 Å². The number of hydrogen-bond donors (Lipinski definition) is 4. The Bertz CT molecular complexity index is 348. The summed E-state index contributed by atoms with van der Waals surface area (Å²) < 4.78 is 13.6. The Balaban J connectivity index is 2.80. The maximum atomic E-state index is 13.4. The number of aliphatic hydroxyl groups is 2. The van der Waals surface area contributed by atoms with Crippen LogP contribution >= 0.6 is 15.9 Å². The van der Waals surface area contributed by atoms with Gasteiger partial charge in [0.05, 0.1) is 17.2 Å². The maximum absolute atomic E-state index is 13.4. The molecule has 0 aromatic heterocycles. The molecule has 0 bridgehead atoms. The molecule has 1 atom stereocenters. The van der Waals surface area contributed by atoms with E-state index in [1.54, 1.807) is 0 Å². The topological polar surface area (TPSA) is 72.7 Å². The van der Waals surface area contributed by atoms with Gasteiger partial charge in [0.1, 0.15) is 11.4 Å². The molecule has 0 saturated heterocycles. The summed E-state index contributed by atoms with van der Waals surface area (Å²) in [6.07, 6.45) is -0.997. The lowest BCUT2D eigenvalue weighted by molar-refractivity contribution is 0.105. The molecule has 1 aromatic rings. The molecule has 0 fully saturated rings. The molecule has 1 unspecified atom stereocenters. The van der Waals surface area contributed by atoms with Crippen molar-refractivity contribution >= 4 is 21.6 Å². The summed E-state index contributed by atoms with van der Waals surface area (Å²) in [4.78, 5) is 0. The summed E-state index contributed by atoms with van der Waals surface area (Å²) in [5.74, 6) is -0.888. The molecule has 0 amide bonds. The first-order valence-electron chi connectivity index (χ1n) is 4.26. The molecule has 6 heteroatoms. The first-order valence-corrected chi connectivity index (χ1v) is 5.05. The van der Waals surface area contributed by atoms with Gasteiger partial charge in [-0.25, -0.2) is 4.39 Å². The molecule has 0 aliphatic rings. The molecule has 15 heavy (non-hydrogen) atoms. The Morgan fingerprint density at radius 1 is 1.47 bits per heavy atom. The van der Waals surface area contributed by atoms with Gasteiger partial charge in [-0.3, -0.25) is 0 Å². The number of aliphatic hydroxyl groups excluding tert-OH is 2. The lowest BCUT2D eigenvalue weighted by Crippen LogP contribution is -2.23. The molecule has 0 radical (unpaired) electrons. The molecule has 1 rings (SSSR count). The third kappa shape index (κ3) is 3.05. The highest BCUT2D eigenvalue weighted by molar-refractivity contribution is 9.10. The molecular formula is C9H11BrFNO3. The smallest absolute Gasteiger partial charge is 0.164 e. The standard InChI is InChI=1S/C9H11BrFNO3/c10-6-1-2-7(15)9(8(6)11)12-3-5(14)4-13/h1-2,5,12-15H,3-4H2. The van der Waals surface area contributed by atoms with Crippen molar-refractivity contribution in [2.45, 2.75) is 6.10 Å². The Morgan fingerprint density at radius 2 is 2.13 bits per heavy atom. The highest BCUT2D eigenvalue weighted by atomic mass is 79.9. The van der Waals surface area contributed by atoms with E-state index in [4.69, 9.17) is 10.2 Å². The lowest BCUT2D eigenvalue weighted by Gasteiger charge is -2.12. The molecule has 0 aliphatic heterocycles. The predicted octanol–water partition coefficient (Wildman–Crippen LogP) is 1.06. The van der Waals surface area contributed by atoms with Gasteiger partial charge in [-0.15, -0.1) is 0 Å². The number of phenols is 1. The zero-order chi connectivity index (χ0) is 11.4. The third-order valence-corrected chi connectivity index (χ3v) is 2.41. The van der Waals surface area contributed by atoms with Gasteiger partial charge in [-0.2, -0.15) is 0 Å². The van der Waals surface area contributed by atoms with Gasteiger partial charge in [-0.05, 0) is 28.1 Å². The van der Waals surface area contributed by atoms with E-state index in [0.717, 1.165) is 0 Å². The van der Waals surface area contributed by atoms with Crippen molar-refractivity contribution in [2.24, 2.45) is 0 Å². The van der Waals surface area contributed by atoms with E-state index in [-0.39, 0.29) is 22.5 Å². The van der Waals surface area contributed by atoms with Crippen molar-refractivity contribution < 1.29 is 19.7 Å². The fourth-order valence-electron chi connectivity index (χ4n) is 0.993. The van der Waals surface area contributed by atoms with Crippen LogP contribution in [0.3, 0.4) is 0 Å². The van der Waals surface area contributed by atoms with E-state index in [9.17, 15) is 9.50 Å². The van der Waals surface area contributed by atoms with E-state index >= 15 is 0 Å². The maximum Gasteiger partial charge on any atom is 0.164 e. The molecule has 1 aromatic carbocycles. The normalized spacial score (nSPS) is 12.5. The van der Waals surface area contributed by atoms with E-state index in [0.29, 0.717) is 0 Å². The van der Waals surface area contributed by atoms with Crippen molar-refractivity contribution in [3.05, 3.63) is 22.4 Å². The summed E-state index contributed by atoms with van der Waals surface area (Å²) in [6.45, 7) is -0.471. The van der Waals surface area contributed by atoms with Gasteiger partial charge in [0.2, 0.25) is 0 Å². The monoisotopic (exact) mass is 279 g/mol. The number of phenolic OH excluding ortho intramolecular Hbond substituents is 1. The zero-order valence-corrected chi connectivity index (χ0v) is 9.33. The van der Waals surface area contributed by atoms with Crippen molar-refractivity contribution in [1.29, 1.82) is 0 Å². The lowest BCUT2D eigenvalue weighted by atomic mass is 10.2. The van der Waals surface area contributed by atoms with Crippen molar-refractivity contribution in [1.82, 2.24) is 0 Å². The largest absolute Gasteiger partial charge is 0.506 e. The fourth-order valence-corrected chi connectivity index (χ4v) is 1.32. The number of hydrogen-bond acceptors (Lipinski definition) is 4. The number of rotatable bonds is 4. The minimum atomic E-state index is -0.997. The molecule has 0 heterocycles. The van der Waals surface area contributed by atoms with Gasteiger partial charge in [0.15, 0.2) is 5.82 Å². The molecule has 0 saturated carbocycles. The van der Waals surface area contributed by atoms with Crippen molar-refractivity contribution in [3.63, 3.8) is 0 Å². The van der Waals surface area contributed by atoms with Crippen LogP contribution in [0.25, 0.3) is 0 Å². The number of nitrogens with one attached hydrogen (secondary N) is 1. The van der Waals surface area contributed by atoms with Gasteiger partial charge in [0.25, 0.3) is 0 Å². The molecule has 0 aliphatic carbocycles. The van der Waals surface area contributed by atoms with Crippen LogP contribution in [0, 0.1) is 5.82 Å². The van der Waals surface area contributed by atoms with Crippen LogP contribution in [-0.2, 0) is 0 Å². The second-order valence-corrected chi connectivity index (χ2v) is 3.83. The average Bonchev–Trinajstić information content (AvgIpc) is 2.23. The Morgan fingerprint density at radius 3 is 2.73 bits per heavy atom. The number of halogens is 2. The van der Waals surface area contributed by atoms with Crippen LogP contribution < -0.4 is 5.32 Å². The summed E-state index contributed by atoms with van der Waals surface area (Å²) in [5, 5.41) is 29.4. The SMILES string of the molecule is OCC(O)CNc1c(O)ccc(Br)c1F. The van der Waals surface area contributed by atoms with E-state index in [1.165, 1.54) is 12.1 Å². The first-order chi connectivity index (χ1) is 7.06. The molecular weight excluding hydrogens is 269 g/mol. The van der Waals surface area contributed by atoms with Crippen LogP contribution in [0.1, 0.15) is 0 Å². The van der Waals surface area contributed by atoms with Crippen LogP contribution in [-0.4, -0.2) is 34.6 Å². The molecule has 4 N–H and O–H groups in total. The number of benzene rings is 1. The van der Waals surface area contributed by atoms with Gasteiger partial charge < -0.3 is 20.6 Å². The molecule has 0 spiro atoms. The van der Waals surface area contributed by atoms with E-state index in [1.807, 2.05) is 0 Å².